The summed E-state index contributed by atoms with van der Waals surface area (Å²) in [7, 11) is 1.52. The molecular formula is C21H32N4O4. The van der Waals surface area contributed by atoms with E-state index in [0.717, 1.165) is 63.0 Å². The van der Waals surface area contributed by atoms with Crippen LogP contribution >= 0.6 is 0 Å². The lowest BCUT2D eigenvalue weighted by Gasteiger charge is -2.33. The minimum atomic E-state index is -0.387. The van der Waals surface area contributed by atoms with Crippen LogP contribution in [0.3, 0.4) is 0 Å². The standard InChI is InChI=1S/C21H32N4O4/c1-4-6-7-11-29-21-18(25(26)27)12-15(13-19(21)28-3)20-16-14-24(9-5-2)10-8-17(16)22-23-20/h12-13,16,20,23H,4-11,14H2,1-3H3. The summed E-state index contributed by atoms with van der Waals surface area (Å²) in [5.74, 6) is 0.839. The lowest BCUT2D eigenvalue weighted by atomic mass is 9.86. The largest absolute Gasteiger partial charge is 0.493 e. The molecule has 1 fully saturated rings. The van der Waals surface area contributed by atoms with Crippen molar-refractivity contribution >= 4 is 11.4 Å². The Hall–Kier alpha value is -2.35. The highest BCUT2D eigenvalue weighted by molar-refractivity contribution is 5.90. The number of hydrazone groups is 1. The van der Waals surface area contributed by atoms with E-state index < -0.39 is 0 Å². The third kappa shape index (κ3) is 4.80. The summed E-state index contributed by atoms with van der Waals surface area (Å²) in [6, 6.07) is 3.38. The van der Waals surface area contributed by atoms with Crippen LogP contribution in [0, 0.1) is 16.0 Å². The molecule has 2 heterocycles. The van der Waals surface area contributed by atoms with Crippen LogP contribution in [-0.4, -0.2) is 48.9 Å². The van der Waals surface area contributed by atoms with Gasteiger partial charge in [-0.25, -0.2) is 0 Å². The molecule has 0 amide bonds. The number of unbranched alkanes of at least 4 members (excludes halogenated alkanes) is 2. The van der Waals surface area contributed by atoms with Crippen LogP contribution in [-0.2, 0) is 0 Å². The Bertz CT molecular complexity index is 752. The fraction of sp³-hybridized carbons (Fsp3) is 0.667. The first-order valence-corrected chi connectivity index (χ1v) is 10.6. The first-order chi connectivity index (χ1) is 14.1. The summed E-state index contributed by atoms with van der Waals surface area (Å²) in [5, 5.41) is 16.3. The lowest BCUT2D eigenvalue weighted by Crippen LogP contribution is -2.42. The van der Waals surface area contributed by atoms with Crippen molar-refractivity contribution in [3.63, 3.8) is 0 Å². The Morgan fingerprint density at radius 1 is 1.31 bits per heavy atom. The summed E-state index contributed by atoms with van der Waals surface area (Å²) >= 11 is 0. The molecule has 0 spiro atoms. The number of nitro benzene ring substituents is 1. The van der Waals surface area contributed by atoms with E-state index in [1.807, 2.05) is 6.07 Å². The predicted octanol–water partition coefficient (Wildman–Crippen LogP) is 3.90. The molecule has 1 saturated heterocycles. The van der Waals surface area contributed by atoms with Gasteiger partial charge >= 0.3 is 5.69 Å². The van der Waals surface area contributed by atoms with Crippen molar-refractivity contribution in [1.29, 1.82) is 0 Å². The summed E-state index contributed by atoms with van der Waals surface area (Å²) in [4.78, 5) is 13.8. The second-order valence-electron chi connectivity index (χ2n) is 7.75. The van der Waals surface area contributed by atoms with Gasteiger partial charge in [-0.2, -0.15) is 5.10 Å². The predicted molar refractivity (Wildman–Crippen MR) is 113 cm³/mol. The summed E-state index contributed by atoms with van der Waals surface area (Å²) in [6.45, 7) is 7.72. The number of hydrogen-bond acceptors (Lipinski definition) is 7. The first-order valence-electron chi connectivity index (χ1n) is 10.6. The smallest absolute Gasteiger partial charge is 0.315 e. The van der Waals surface area contributed by atoms with Crippen LogP contribution in [0.1, 0.15) is 57.6 Å². The molecule has 160 valence electrons. The molecular weight excluding hydrogens is 372 g/mol. The highest BCUT2D eigenvalue weighted by Crippen LogP contribution is 2.42. The number of rotatable bonds is 10. The number of fused-ring (bicyclic) bond motifs is 1. The van der Waals surface area contributed by atoms with Crippen LogP contribution < -0.4 is 14.9 Å². The Labute approximate surface area is 172 Å². The van der Waals surface area contributed by atoms with Gasteiger partial charge in [0.05, 0.1) is 24.7 Å². The zero-order valence-electron chi connectivity index (χ0n) is 17.6. The van der Waals surface area contributed by atoms with Gasteiger partial charge < -0.3 is 19.8 Å². The van der Waals surface area contributed by atoms with Gasteiger partial charge in [0.1, 0.15) is 0 Å². The van der Waals surface area contributed by atoms with Crippen LogP contribution in [0.4, 0.5) is 5.69 Å². The lowest BCUT2D eigenvalue weighted by molar-refractivity contribution is -0.386. The van der Waals surface area contributed by atoms with Gasteiger partial charge in [0, 0.05) is 37.2 Å². The number of nitro groups is 1. The second-order valence-corrected chi connectivity index (χ2v) is 7.75. The molecule has 1 aromatic carbocycles. The van der Waals surface area contributed by atoms with Gasteiger partial charge in [-0.05, 0) is 31.0 Å². The van der Waals surface area contributed by atoms with Crippen molar-refractivity contribution in [3.8, 4) is 11.5 Å². The molecule has 0 radical (unpaired) electrons. The number of ether oxygens (including phenoxy) is 2. The van der Waals surface area contributed by atoms with E-state index >= 15 is 0 Å². The molecule has 0 saturated carbocycles. The molecule has 8 nitrogen and oxygen atoms in total. The number of hydrogen-bond donors (Lipinski definition) is 1. The van der Waals surface area contributed by atoms with E-state index in [1.165, 1.54) is 7.11 Å². The molecule has 3 rings (SSSR count). The molecule has 2 aliphatic rings. The van der Waals surface area contributed by atoms with E-state index in [9.17, 15) is 10.1 Å². The molecule has 1 N–H and O–H groups in total. The van der Waals surface area contributed by atoms with E-state index in [-0.39, 0.29) is 28.3 Å². The number of likely N-dealkylation sites (tertiary alicyclic amines) is 1. The monoisotopic (exact) mass is 404 g/mol. The van der Waals surface area contributed by atoms with Crippen molar-refractivity contribution in [2.24, 2.45) is 11.0 Å². The quantitative estimate of drug-likeness (QED) is 0.361. The van der Waals surface area contributed by atoms with Gasteiger partial charge in [0.25, 0.3) is 0 Å². The Morgan fingerprint density at radius 3 is 2.83 bits per heavy atom. The Balaban J connectivity index is 1.86. The molecule has 2 aliphatic heterocycles. The van der Waals surface area contributed by atoms with Crippen molar-refractivity contribution in [1.82, 2.24) is 10.3 Å². The number of methoxy groups -OCH3 is 1. The minimum absolute atomic E-state index is 0.0488. The maximum atomic E-state index is 11.8. The van der Waals surface area contributed by atoms with Crippen LogP contribution in [0.15, 0.2) is 17.2 Å². The van der Waals surface area contributed by atoms with Gasteiger partial charge in [-0.3, -0.25) is 10.1 Å². The van der Waals surface area contributed by atoms with Gasteiger partial charge in [0.2, 0.25) is 5.75 Å². The zero-order chi connectivity index (χ0) is 20.8. The van der Waals surface area contributed by atoms with Gasteiger partial charge in [-0.15, -0.1) is 0 Å². The molecule has 2 atom stereocenters. The van der Waals surface area contributed by atoms with E-state index in [1.54, 1.807) is 6.07 Å². The SMILES string of the molecule is CCCCCOc1c(OC)cc(C2NN=C3CCN(CCC)CC32)cc1[N+](=O)[O-]. The van der Waals surface area contributed by atoms with Crippen molar-refractivity contribution < 1.29 is 14.4 Å². The molecule has 0 aliphatic carbocycles. The molecule has 2 unspecified atom stereocenters. The summed E-state index contributed by atoms with van der Waals surface area (Å²) in [6.07, 6.45) is 4.99. The van der Waals surface area contributed by atoms with E-state index in [2.05, 4.69) is 29.3 Å². The highest BCUT2D eigenvalue weighted by atomic mass is 16.6. The fourth-order valence-electron chi connectivity index (χ4n) is 4.18. The van der Waals surface area contributed by atoms with Crippen LogP contribution in [0.5, 0.6) is 11.5 Å². The number of nitrogens with zero attached hydrogens (tertiary/aromatic N) is 3. The Morgan fingerprint density at radius 2 is 2.14 bits per heavy atom. The maximum Gasteiger partial charge on any atom is 0.315 e. The summed E-state index contributed by atoms with van der Waals surface area (Å²) < 4.78 is 11.3. The van der Waals surface area contributed by atoms with Crippen LogP contribution in [0.2, 0.25) is 0 Å². The van der Waals surface area contributed by atoms with E-state index in [0.29, 0.717) is 12.4 Å². The number of nitrogens with one attached hydrogen (secondary N) is 1. The molecule has 0 aromatic heterocycles. The molecule has 1 aromatic rings. The van der Waals surface area contributed by atoms with E-state index in [4.69, 9.17) is 9.47 Å². The van der Waals surface area contributed by atoms with Crippen molar-refractivity contribution in [2.45, 2.75) is 52.0 Å². The number of benzene rings is 1. The molecule has 29 heavy (non-hydrogen) atoms. The fourth-order valence-corrected chi connectivity index (χ4v) is 4.18. The minimum Gasteiger partial charge on any atom is -0.493 e. The average Bonchev–Trinajstić information content (AvgIpc) is 3.14. The zero-order valence-corrected chi connectivity index (χ0v) is 17.6. The maximum absolute atomic E-state index is 11.8. The van der Waals surface area contributed by atoms with Gasteiger partial charge in [0.15, 0.2) is 5.75 Å². The third-order valence-electron chi connectivity index (χ3n) is 5.68. The highest BCUT2D eigenvalue weighted by Gasteiger charge is 2.38. The average molecular weight is 405 g/mol. The molecule has 8 heteroatoms. The van der Waals surface area contributed by atoms with Crippen LogP contribution in [0.25, 0.3) is 0 Å². The topological polar surface area (TPSA) is 89.2 Å². The van der Waals surface area contributed by atoms with Crippen molar-refractivity contribution in [2.75, 3.05) is 33.4 Å². The normalized spacial score (nSPS) is 21.3. The second kappa shape index (κ2) is 9.91. The Kier molecular flexibility index (Phi) is 7.30. The first kappa shape index (κ1) is 21.4. The number of piperidine rings is 1. The molecule has 0 bridgehead atoms. The third-order valence-corrected chi connectivity index (χ3v) is 5.68. The van der Waals surface area contributed by atoms with Crippen molar-refractivity contribution in [3.05, 3.63) is 27.8 Å². The van der Waals surface area contributed by atoms with Gasteiger partial charge in [-0.1, -0.05) is 26.7 Å². The summed E-state index contributed by atoms with van der Waals surface area (Å²) in [5.41, 5.74) is 5.14.